The van der Waals surface area contributed by atoms with Crippen LogP contribution in [0.2, 0.25) is 0 Å². The smallest absolute Gasteiger partial charge is 0.282 e. The van der Waals surface area contributed by atoms with Gasteiger partial charge in [-0.15, -0.1) is 0 Å². The Labute approximate surface area is 218 Å². The van der Waals surface area contributed by atoms with Gasteiger partial charge in [-0.1, -0.05) is 49.6 Å². The van der Waals surface area contributed by atoms with Crippen LogP contribution in [0.15, 0.2) is 81.1 Å². The fourth-order valence-corrected chi connectivity index (χ4v) is 5.14. The minimum atomic E-state index is -0.146. The number of hydrogen-bond acceptors (Lipinski definition) is 5. The molecule has 0 radical (unpaired) electrons. The second-order valence-electron chi connectivity index (χ2n) is 8.93. The Morgan fingerprint density at radius 1 is 1.08 bits per heavy atom. The monoisotopic (exact) mass is 540 g/mol. The summed E-state index contributed by atoms with van der Waals surface area (Å²) in [5.74, 6) is 1.63. The minimum absolute atomic E-state index is 0.146. The molecule has 0 N–H and O–H groups in total. The van der Waals surface area contributed by atoms with Crippen LogP contribution in [0.1, 0.15) is 60.5 Å². The van der Waals surface area contributed by atoms with Gasteiger partial charge in [0.25, 0.3) is 5.56 Å². The number of nitriles is 1. The third kappa shape index (κ3) is 5.09. The van der Waals surface area contributed by atoms with Crippen molar-refractivity contribution in [1.82, 2.24) is 9.66 Å². The van der Waals surface area contributed by atoms with Gasteiger partial charge in [-0.2, -0.15) is 15.0 Å². The molecule has 6 nitrogen and oxygen atoms in total. The molecule has 1 fully saturated rings. The van der Waals surface area contributed by atoms with Crippen molar-refractivity contribution in [3.63, 3.8) is 0 Å². The van der Waals surface area contributed by atoms with E-state index in [1.54, 1.807) is 18.3 Å². The highest BCUT2D eigenvalue weighted by Gasteiger charge is 2.22. The predicted molar refractivity (Wildman–Crippen MR) is 144 cm³/mol. The second kappa shape index (κ2) is 10.9. The van der Waals surface area contributed by atoms with Crippen molar-refractivity contribution in [3.8, 4) is 11.8 Å². The van der Waals surface area contributed by atoms with Gasteiger partial charge in [0.2, 0.25) is 0 Å². The fraction of sp³-hybridized carbons (Fsp3) is 0.241. The summed E-state index contributed by atoms with van der Waals surface area (Å²) in [6, 6.07) is 22.7. The summed E-state index contributed by atoms with van der Waals surface area (Å²) < 4.78 is 8.18. The lowest BCUT2D eigenvalue weighted by atomic mass is 9.88. The molecule has 4 aromatic rings. The number of para-hydroxylation sites is 1. The summed E-state index contributed by atoms with van der Waals surface area (Å²) in [5, 5.41) is 14.5. The van der Waals surface area contributed by atoms with Crippen molar-refractivity contribution in [2.24, 2.45) is 5.10 Å². The third-order valence-electron chi connectivity index (χ3n) is 6.55. The average molecular weight is 541 g/mol. The quantitative estimate of drug-likeness (QED) is 0.260. The van der Waals surface area contributed by atoms with E-state index in [9.17, 15) is 10.1 Å². The van der Waals surface area contributed by atoms with Crippen LogP contribution in [0, 0.1) is 11.3 Å². The Bertz CT molecular complexity index is 1530. The van der Waals surface area contributed by atoms with Gasteiger partial charge in [0, 0.05) is 11.5 Å². The van der Waals surface area contributed by atoms with Crippen molar-refractivity contribution in [2.75, 3.05) is 0 Å². The molecular formula is C29H25BrN4O2. The average Bonchev–Trinajstić information content (AvgIpc) is 2.92. The molecule has 0 saturated heterocycles. The zero-order chi connectivity index (χ0) is 24.9. The van der Waals surface area contributed by atoms with E-state index in [-0.39, 0.29) is 11.5 Å². The van der Waals surface area contributed by atoms with E-state index < -0.39 is 0 Å². The van der Waals surface area contributed by atoms with Crippen molar-refractivity contribution >= 4 is 33.0 Å². The molecule has 0 unspecified atom stereocenters. The van der Waals surface area contributed by atoms with Crippen LogP contribution >= 0.6 is 15.9 Å². The maximum Gasteiger partial charge on any atom is 0.282 e. The summed E-state index contributed by atoms with van der Waals surface area (Å²) >= 11 is 3.57. The molecule has 1 aliphatic rings. The van der Waals surface area contributed by atoms with E-state index in [2.05, 4.69) is 27.1 Å². The Kier molecular flexibility index (Phi) is 7.24. The lowest BCUT2D eigenvalue weighted by Crippen LogP contribution is -2.25. The largest absolute Gasteiger partial charge is 0.488 e. The number of benzene rings is 3. The van der Waals surface area contributed by atoms with Crippen molar-refractivity contribution < 1.29 is 4.74 Å². The summed E-state index contributed by atoms with van der Waals surface area (Å²) in [4.78, 5) is 18.2. The molecule has 36 heavy (non-hydrogen) atoms. The van der Waals surface area contributed by atoms with E-state index in [1.165, 1.54) is 11.1 Å². The first kappa shape index (κ1) is 24.0. The molecule has 1 saturated carbocycles. The maximum absolute atomic E-state index is 13.4. The molecule has 7 heteroatoms. The van der Waals surface area contributed by atoms with Gasteiger partial charge < -0.3 is 4.74 Å². The number of nitrogens with zero attached hydrogens (tertiary/aromatic N) is 4. The van der Waals surface area contributed by atoms with E-state index in [0.717, 1.165) is 52.6 Å². The van der Waals surface area contributed by atoms with Crippen LogP contribution in [0.25, 0.3) is 10.9 Å². The molecular weight excluding hydrogens is 516 g/mol. The molecule has 0 aliphatic heterocycles. The van der Waals surface area contributed by atoms with Crippen LogP contribution in [0.3, 0.4) is 0 Å². The molecule has 1 aliphatic carbocycles. The minimum Gasteiger partial charge on any atom is -0.488 e. The predicted octanol–water partition coefficient (Wildman–Crippen LogP) is 6.54. The number of aromatic nitrogens is 2. The van der Waals surface area contributed by atoms with Gasteiger partial charge in [-0.05, 0) is 70.7 Å². The second-order valence-corrected chi connectivity index (χ2v) is 9.79. The zero-order valence-corrected chi connectivity index (χ0v) is 21.3. The van der Waals surface area contributed by atoms with Gasteiger partial charge in [0.1, 0.15) is 18.2 Å². The van der Waals surface area contributed by atoms with Gasteiger partial charge >= 0.3 is 0 Å². The van der Waals surface area contributed by atoms with Crippen LogP contribution in [-0.2, 0) is 6.61 Å². The number of hydrogen-bond donors (Lipinski definition) is 0. The molecule has 0 spiro atoms. The van der Waals surface area contributed by atoms with Crippen molar-refractivity contribution in [1.29, 1.82) is 5.26 Å². The van der Waals surface area contributed by atoms with Crippen LogP contribution in [0.5, 0.6) is 5.75 Å². The first-order valence-electron chi connectivity index (χ1n) is 12.1. The molecule has 1 aromatic heterocycles. The molecule has 3 aromatic carbocycles. The fourth-order valence-electron chi connectivity index (χ4n) is 4.63. The highest BCUT2D eigenvalue weighted by Crippen LogP contribution is 2.32. The van der Waals surface area contributed by atoms with Gasteiger partial charge in [-0.3, -0.25) is 4.79 Å². The summed E-state index contributed by atoms with van der Waals surface area (Å²) in [7, 11) is 0. The first-order chi connectivity index (χ1) is 17.6. The summed E-state index contributed by atoms with van der Waals surface area (Å²) in [5.41, 5.74) is 2.82. The molecule has 0 bridgehead atoms. The Hall–Kier alpha value is -3.76. The Morgan fingerprint density at radius 3 is 2.67 bits per heavy atom. The Balaban J connectivity index is 1.42. The van der Waals surface area contributed by atoms with Crippen molar-refractivity contribution in [3.05, 3.63) is 104 Å². The lowest BCUT2D eigenvalue weighted by Gasteiger charge is -2.22. The number of halogens is 1. The first-order valence-corrected chi connectivity index (χ1v) is 12.9. The highest BCUT2D eigenvalue weighted by molar-refractivity contribution is 9.10. The maximum atomic E-state index is 13.4. The van der Waals surface area contributed by atoms with Gasteiger partial charge in [0.05, 0.1) is 33.2 Å². The molecule has 1 heterocycles. The van der Waals surface area contributed by atoms with Crippen LogP contribution in [-0.4, -0.2) is 15.9 Å². The van der Waals surface area contributed by atoms with Crippen LogP contribution in [0.4, 0.5) is 0 Å². The Morgan fingerprint density at radius 2 is 1.86 bits per heavy atom. The third-order valence-corrected chi connectivity index (χ3v) is 7.17. The standard InChI is InChI=1S/C29H25BrN4O2/c30-25-16-20(14-15-27(25)36-19-23-11-5-4-10-22(23)17-31)18-32-34-28(21-8-2-1-3-9-21)33-26-13-7-6-12-24(26)29(34)35/h4-7,10-16,18,21H,1-3,8-9,19H2. The van der Waals surface area contributed by atoms with Gasteiger partial charge in [0.15, 0.2) is 0 Å². The number of rotatable bonds is 6. The lowest BCUT2D eigenvalue weighted by molar-refractivity contribution is 0.304. The number of fused-ring (bicyclic) bond motifs is 1. The summed E-state index contributed by atoms with van der Waals surface area (Å²) in [6.45, 7) is 0.290. The van der Waals surface area contributed by atoms with Crippen molar-refractivity contribution in [2.45, 2.75) is 44.6 Å². The molecule has 180 valence electrons. The van der Waals surface area contributed by atoms with Gasteiger partial charge in [-0.25, -0.2) is 4.98 Å². The van der Waals surface area contributed by atoms with Crippen LogP contribution < -0.4 is 10.3 Å². The zero-order valence-electron chi connectivity index (χ0n) is 19.7. The number of ether oxygens (including phenoxy) is 1. The molecule has 5 rings (SSSR count). The normalized spacial score (nSPS) is 14.2. The van der Waals surface area contributed by atoms with E-state index in [1.807, 2.05) is 54.6 Å². The SMILES string of the molecule is N#Cc1ccccc1COc1ccc(C=Nn2c(C3CCCCC3)nc3ccccc3c2=O)cc1Br. The van der Waals surface area contributed by atoms with E-state index in [4.69, 9.17) is 9.72 Å². The topological polar surface area (TPSA) is 80.3 Å². The molecule has 0 amide bonds. The van der Waals surface area contributed by atoms with E-state index in [0.29, 0.717) is 23.3 Å². The molecule has 0 atom stereocenters. The highest BCUT2D eigenvalue weighted by atomic mass is 79.9. The van der Waals surface area contributed by atoms with E-state index >= 15 is 0 Å². The summed E-state index contributed by atoms with van der Waals surface area (Å²) in [6.07, 6.45) is 7.24.